The molecule has 2 aromatic heterocycles. The lowest BCUT2D eigenvalue weighted by Crippen LogP contribution is -2.22. The van der Waals surface area contributed by atoms with Crippen LogP contribution in [0.4, 0.5) is 4.39 Å². The van der Waals surface area contributed by atoms with Gasteiger partial charge in [0.05, 0.1) is 32.6 Å². The maximum absolute atomic E-state index is 14.5. The fourth-order valence-electron chi connectivity index (χ4n) is 3.16. The summed E-state index contributed by atoms with van der Waals surface area (Å²) in [4.78, 5) is 22.5. The molecule has 142 valence electrons. The number of aromatic nitrogens is 3. The standard InChI is InChI=1S/C22H14FN3OS2/c23-15-8-2-5-11-18(15)26-21(27)14-7-1-3-9-16(14)25-22(26)28-13-20-24-17-10-4-6-12-19(17)29-20/h1-12H,13H2. The van der Waals surface area contributed by atoms with Crippen molar-refractivity contribution in [1.29, 1.82) is 0 Å². The molecule has 0 aliphatic carbocycles. The first kappa shape index (κ1) is 18.0. The highest BCUT2D eigenvalue weighted by Gasteiger charge is 2.16. The third-order valence-electron chi connectivity index (χ3n) is 4.50. The lowest BCUT2D eigenvalue weighted by Gasteiger charge is -2.13. The number of fused-ring (bicyclic) bond motifs is 2. The Labute approximate surface area is 173 Å². The summed E-state index contributed by atoms with van der Waals surface area (Å²) in [5.74, 6) is 0.0759. The van der Waals surface area contributed by atoms with Gasteiger partial charge in [-0.3, -0.25) is 9.36 Å². The molecule has 2 heterocycles. The number of hydrogen-bond donors (Lipinski definition) is 0. The minimum atomic E-state index is -0.464. The first-order chi connectivity index (χ1) is 14.2. The molecule has 0 atom stereocenters. The van der Waals surface area contributed by atoms with Gasteiger partial charge >= 0.3 is 0 Å². The molecule has 0 spiro atoms. The molecule has 4 nitrogen and oxygen atoms in total. The van der Waals surface area contributed by atoms with Crippen molar-refractivity contribution in [2.45, 2.75) is 10.9 Å². The van der Waals surface area contributed by atoms with Gasteiger partial charge < -0.3 is 0 Å². The normalized spacial score (nSPS) is 11.3. The predicted molar refractivity (Wildman–Crippen MR) is 116 cm³/mol. The zero-order valence-corrected chi connectivity index (χ0v) is 16.7. The molecule has 5 rings (SSSR count). The number of nitrogens with zero attached hydrogens (tertiary/aromatic N) is 3. The molecule has 0 saturated carbocycles. The van der Waals surface area contributed by atoms with E-state index in [2.05, 4.69) is 9.97 Å². The Bertz CT molecular complexity index is 1380. The molecule has 0 N–H and O–H groups in total. The van der Waals surface area contributed by atoms with Gasteiger partial charge in [-0.1, -0.05) is 48.2 Å². The summed E-state index contributed by atoms with van der Waals surface area (Å²) in [5, 5.41) is 1.83. The molecule has 0 bridgehead atoms. The van der Waals surface area contributed by atoms with Crippen LogP contribution in [0.2, 0.25) is 0 Å². The molecule has 0 radical (unpaired) electrons. The summed E-state index contributed by atoms with van der Waals surface area (Å²) in [6, 6.07) is 21.3. The molecular weight excluding hydrogens is 405 g/mol. The van der Waals surface area contributed by atoms with E-state index in [0.717, 1.165) is 15.2 Å². The van der Waals surface area contributed by atoms with Crippen LogP contribution in [0.1, 0.15) is 5.01 Å². The van der Waals surface area contributed by atoms with Gasteiger partial charge in [0, 0.05) is 0 Å². The number of benzene rings is 3. The topological polar surface area (TPSA) is 47.8 Å². The van der Waals surface area contributed by atoms with E-state index in [-0.39, 0.29) is 11.2 Å². The van der Waals surface area contributed by atoms with Crippen LogP contribution in [-0.2, 0) is 5.75 Å². The number of halogens is 1. The first-order valence-electron chi connectivity index (χ1n) is 8.95. The summed E-state index contributed by atoms with van der Waals surface area (Å²) < 4.78 is 17.0. The molecule has 0 aliphatic heterocycles. The highest BCUT2D eigenvalue weighted by Crippen LogP contribution is 2.29. The third kappa shape index (κ3) is 3.32. The second kappa shape index (κ2) is 7.42. The van der Waals surface area contributed by atoms with Gasteiger partial charge in [0.1, 0.15) is 10.8 Å². The van der Waals surface area contributed by atoms with Gasteiger partial charge in [-0.2, -0.15) is 0 Å². The summed E-state index contributed by atoms with van der Waals surface area (Å²) in [5.41, 5.74) is 1.46. The van der Waals surface area contributed by atoms with E-state index in [1.165, 1.54) is 22.4 Å². The van der Waals surface area contributed by atoms with Crippen molar-refractivity contribution < 1.29 is 4.39 Å². The average Bonchev–Trinajstić information content (AvgIpc) is 3.16. The number of rotatable bonds is 4. The molecule has 0 fully saturated rings. The van der Waals surface area contributed by atoms with Crippen molar-refractivity contribution in [2.75, 3.05) is 0 Å². The number of para-hydroxylation sites is 3. The van der Waals surface area contributed by atoms with Crippen LogP contribution >= 0.6 is 23.1 Å². The highest BCUT2D eigenvalue weighted by molar-refractivity contribution is 7.98. The second-order valence-electron chi connectivity index (χ2n) is 6.37. The number of thiazole rings is 1. The van der Waals surface area contributed by atoms with Crippen LogP contribution < -0.4 is 5.56 Å². The van der Waals surface area contributed by atoms with Gasteiger partial charge in [-0.15, -0.1) is 11.3 Å². The van der Waals surface area contributed by atoms with Gasteiger partial charge in [0.15, 0.2) is 5.16 Å². The zero-order valence-electron chi connectivity index (χ0n) is 15.1. The third-order valence-corrected chi connectivity index (χ3v) is 6.67. The quantitative estimate of drug-likeness (QED) is 0.288. The fourth-order valence-corrected chi connectivity index (χ4v) is 5.13. The van der Waals surface area contributed by atoms with Crippen molar-refractivity contribution in [3.63, 3.8) is 0 Å². The lowest BCUT2D eigenvalue weighted by molar-refractivity contribution is 0.608. The number of thioether (sulfide) groups is 1. The minimum absolute atomic E-state index is 0.197. The maximum atomic E-state index is 14.5. The Morgan fingerprint density at radius 3 is 2.45 bits per heavy atom. The lowest BCUT2D eigenvalue weighted by atomic mass is 10.2. The van der Waals surface area contributed by atoms with E-state index in [1.54, 1.807) is 47.7 Å². The second-order valence-corrected chi connectivity index (χ2v) is 8.43. The monoisotopic (exact) mass is 419 g/mol. The average molecular weight is 420 g/mol. The molecule has 5 aromatic rings. The Kier molecular flexibility index (Phi) is 4.61. The van der Waals surface area contributed by atoms with E-state index in [4.69, 9.17) is 0 Å². The molecule has 0 unspecified atom stereocenters. The molecule has 29 heavy (non-hydrogen) atoms. The molecule has 0 saturated heterocycles. The van der Waals surface area contributed by atoms with Gasteiger partial charge in [0.2, 0.25) is 0 Å². The molecule has 0 aliphatic rings. The van der Waals surface area contributed by atoms with Crippen molar-refractivity contribution >= 4 is 44.2 Å². The highest BCUT2D eigenvalue weighted by atomic mass is 32.2. The van der Waals surface area contributed by atoms with Crippen LogP contribution in [0.25, 0.3) is 26.8 Å². The van der Waals surface area contributed by atoms with Crippen LogP contribution in [0.15, 0.2) is 82.7 Å². The molecule has 0 amide bonds. The van der Waals surface area contributed by atoms with E-state index in [0.29, 0.717) is 21.8 Å². The Morgan fingerprint density at radius 1 is 0.897 bits per heavy atom. The van der Waals surface area contributed by atoms with Gasteiger partial charge in [0.25, 0.3) is 5.56 Å². The predicted octanol–water partition coefficient (Wildman–Crippen LogP) is 5.43. The van der Waals surface area contributed by atoms with Crippen LogP contribution in [0.5, 0.6) is 0 Å². The minimum Gasteiger partial charge on any atom is -0.268 e. The molecule has 7 heteroatoms. The van der Waals surface area contributed by atoms with Crippen molar-refractivity contribution in [1.82, 2.24) is 14.5 Å². The van der Waals surface area contributed by atoms with E-state index in [1.807, 2.05) is 30.3 Å². The first-order valence-corrected chi connectivity index (χ1v) is 10.7. The van der Waals surface area contributed by atoms with Crippen LogP contribution in [0, 0.1) is 5.82 Å². The molecular formula is C22H14FN3OS2. The van der Waals surface area contributed by atoms with Crippen molar-refractivity contribution in [3.8, 4) is 5.69 Å². The van der Waals surface area contributed by atoms with Crippen LogP contribution in [-0.4, -0.2) is 14.5 Å². The Hall–Kier alpha value is -3.03. The van der Waals surface area contributed by atoms with Crippen molar-refractivity contribution in [3.05, 3.63) is 94.0 Å². The Morgan fingerprint density at radius 2 is 1.62 bits per heavy atom. The van der Waals surface area contributed by atoms with Crippen molar-refractivity contribution in [2.24, 2.45) is 0 Å². The fraction of sp³-hybridized carbons (Fsp3) is 0.0455. The van der Waals surface area contributed by atoms with E-state index >= 15 is 0 Å². The van der Waals surface area contributed by atoms with Crippen LogP contribution in [0.3, 0.4) is 0 Å². The largest absolute Gasteiger partial charge is 0.268 e. The number of hydrogen-bond acceptors (Lipinski definition) is 5. The van der Waals surface area contributed by atoms with E-state index in [9.17, 15) is 9.18 Å². The van der Waals surface area contributed by atoms with E-state index < -0.39 is 5.82 Å². The smallest absolute Gasteiger partial charge is 0.266 e. The van der Waals surface area contributed by atoms with Gasteiger partial charge in [-0.05, 0) is 36.4 Å². The maximum Gasteiger partial charge on any atom is 0.266 e. The SMILES string of the molecule is O=c1c2ccccc2nc(SCc2nc3ccccc3s2)n1-c1ccccc1F. The summed E-state index contributed by atoms with van der Waals surface area (Å²) >= 11 is 2.99. The summed E-state index contributed by atoms with van der Waals surface area (Å²) in [6.07, 6.45) is 0. The molecule has 3 aromatic carbocycles. The summed E-state index contributed by atoms with van der Waals surface area (Å²) in [7, 11) is 0. The summed E-state index contributed by atoms with van der Waals surface area (Å²) in [6.45, 7) is 0. The Balaban J connectivity index is 1.62. The zero-order chi connectivity index (χ0) is 19.8. The van der Waals surface area contributed by atoms with Gasteiger partial charge in [-0.25, -0.2) is 14.4 Å².